The Kier molecular flexibility index (Phi) is 6.55. The predicted molar refractivity (Wildman–Crippen MR) is 103 cm³/mol. The summed E-state index contributed by atoms with van der Waals surface area (Å²) in [7, 11) is 0. The lowest BCUT2D eigenvalue weighted by Gasteiger charge is -2.15. The first-order chi connectivity index (χ1) is 11.8. The molecule has 0 aliphatic carbocycles. The zero-order chi connectivity index (χ0) is 18.6. The van der Waals surface area contributed by atoms with E-state index < -0.39 is 0 Å². The average molecular weight is 379 g/mol. The third-order valence-electron chi connectivity index (χ3n) is 3.55. The normalized spacial score (nSPS) is 11.9. The van der Waals surface area contributed by atoms with E-state index >= 15 is 0 Å². The highest BCUT2D eigenvalue weighted by molar-refractivity contribution is 8.02. The molecule has 1 aromatic carbocycles. The number of thioether (sulfide) groups is 1. The molecule has 0 fully saturated rings. The molecule has 0 unspecified atom stereocenters. The first-order valence-electron chi connectivity index (χ1n) is 7.98. The molecule has 1 atom stereocenters. The molecule has 6 nitrogen and oxygen atoms in total. The summed E-state index contributed by atoms with van der Waals surface area (Å²) in [6, 6.07) is 4.10. The Morgan fingerprint density at radius 1 is 1.16 bits per heavy atom. The number of hydrogen-bond donors (Lipinski definition) is 2. The quantitative estimate of drug-likeness (QED) is 0.588. The number of rotatable bonds is 6. The van der Waals surface area contributed by atoms with E-state index in [2.05, 4.69) is 20.8 Å². The third kappa shape index (κ3) is 5.27. The molecule has 0 saturated heterocycles. The number of nitrogens with zero attached hydrogens (tertiary/aromatic N) is 2. The molecule has 0 saturated carbocycles. The van der Waals surface area contributed by atoms with Crippen molar-refractivity contribution >= 4 is 45.7 Å². The van der Waals surface area contributed by atoms with Crippen molar-refractivity contribution in [2.75, 3.05) is 10.6 Å². The van der Waals surface area contributed by atoms with Crippen molar-refractivity contribution in [1.29, 1.82) is 0 Å². The van der Waals surface area contributed by atoms with Gasteiger partial charge < -0.3 is 10.6 Å². The second-order valence-corrected chi connectivity index (χ2v) is 8.36. The van der Waals surface area contributed by atoms with Crippen LogP contribution >= 0.6 is 23.1 Å². The van der Waals surface area contributed by atoms with Crippen LogP contribution in [0, 0.1) is 20.8 Å². The van der Waals surface area contributed by atoms with Gasteiger partial charge in [0.1, 0.15) is 0 Å². The average Bonchev–Trinajstić information content (AvgIpc) is 2.97. The Morgan fingerprint density at radius 3 is 2.40 bits per heavy atom. The van der Waals surface area contributed by atoms with Gasteiger partial charge in [-0.3, -0.25) is 9.59 Å². The first-order valence-corrected chi connectivity index (χ1v) is 9.68. The maximum Gasteiger partial charge on any atom is 0.237 e. The Bertz CT molecular complexity index is 766. The van der Waals surface area contributed by atoms with Crippen LogP contribution in [-0.2, 0) is 9.59 Å². The van der Waals surface area contributed by atoms with Crippen molar-refractivity contribution in [1.82, 2.24) is 10.2 Å². The molecule has 134 valence electrons. The number of hydrogen-bond acceptors (Lipinski definition) is 6. The van der Waals surface area contributed by atoms with E-state index in [1.54, 1.807) is 6.92 Å². The second-order valence-electron chi connectivity index (χ2n) is 5.80. The topological polar surface area (TPSA) is 84.0 Å². The van der Waals surface area contributed by atoms with E-state index in [0.29, 0.717) is 15.9 Å². The molecule has 2 N–H and O–H groups in total. The van der Waals surface area contributed by atoms with E-state index in [9.17, 15) is 9.59 Å². The molecule has 8 heteroatoms. The van der Waals surface area contributed by atoms with Crippen molar-refractivity contribution in [3.05, 3.63) is 28.8 Å². The number of aromatic nitrogens is 2. The smallest absolute Gasteiger partial charge is 0.237 e. The highest BCUT2D eigenvalue weighted by Crippen LogP contribution is 2.30. The fourth-order valence-electron chi connectivity index (χ4n) is 2.32. The van der Waals surface area contributed by atoms with E-state index in [1.807, 2.05) is 39.8 Å². The van der Waals surface area contributed by atoms with Crippen molar-refractivity contribution in [3.8, 4) is 0 Å². The van der Waals surface area contributed by atoms with Crippen LogP contribution in [0.3, 0.4) is 0 Å². The highest BCUT2D eigenvalue weighted by Gasteiger charge is 2.19. The Hall–Kier alpha value is -1.93. The number of aryl methyl sites for hydroxylation is 3. The van der Waals surface area contributed by atoms with Gasteiger partial charge in [0, 0.05) is 12.1 Å². The van der Waals surface area contributed by atoms with Gasteiger partial charge in [0.2, 0.25) is 16.9 Å². The maximum atomic E-state index is 12.5. The number of anilines is 2. The number of nitrogens with one attached hydrogen (secondary N) is 2. The number of carbonyl (C=O) groups is 2. The summed E-state index contributed by atoms with van der Waals surface area (Å²) in [5, 5.41) is 13.7. The lowest BCUT2D eigenvalue weighted by atomic mass is 10.1. The Morgan fingerprint density at radius 2 is 1.80 bits per heavy atom. The predicted octanol–water partition coefficient (Wildman–Crippen LogP) is 3.93. The van der Waals surface area contributed by atoms with Crippen LogP contribution in [0.25, 0.3) is 0 Å². The van der Waals surface area contributed by atoms with Crippen LogP contribution in [0.1, 0.15) is 37.0 Å². The van der Waals surface area contributed by atoms with Crippen LogP contribution < -0.4 is 10.6 Å². The van der Waals surface area contributed by atoms with E-state index in [0.717, 1.165) is 16.8 Å². The van der Waals surface area contributed by atoms with Crippen molar-refractivity contribution in [2.45, 2.75) is 50.6 Å². The molecule has 0 radical (unpaired) electrons. The standard InChI is InChI=1S/C17H22N4O2S2/c1-6-13(22)18-16-20-21-17(25-16)24-12(5)15(23)19-14-10(3)7-9(2)8-11(14)4/h7-8,12H,6H2,1-5H3,(H,19,23)(H,18,20,22)/t12-/m1/s1. The molecule has 1 heterocycles. The minimum absolute atomic E-state index is 0.0885. The summed E-state index contributed by atoms with van der Waals surface area (Å²) in [4.78, 5) is 23.9. The molecule has 25 heavy (non-hydrogen) atoms. The van der Waals surface area contributed by atoms with Crippen molar-refractivity contribution in [3.63, 3.8) is 0 Å². The fourth-order valence-corrected chi connectivity index (χ4v) is 4.23. The van der Waals surface area contributed by atoms with Crippen molar-refractivity contribution < 1.29 is 9.59 Å². The van der Waals surface area contributed by atoms with E-state index in [1.165, 1.54) is 28.7 Å². The summed E-state index contributed by atoms with van der Waals surface area (Å²) in [5.74, 6) is -0.196. The molecule has 0 aliphatic heterocycles. The minimum Gasteiger partial charge on any atom is -0.325 e. The van der Waals surface area contributed by atoms with E-state index in [-0.39, 0.29) is 17.1 Å². The lowest BCUT2D eigenvalue weighted by Crippen LogP contribution is -2.23. The molecule has 1 aromatic heterocycles. The summed E-state index contributed by atoms with van der Waals surface area (Å²) < 4.78 is 0.645. The van der Waals surface area contributed by atoms with Gasteiger partial charge in [0.15, 0.2) is 4.34 Å². The fraction of sp³-hybridized carbons (Fsp3) is 0.412. The van der Waals surface area contributed by atoms with Crippen LogP contribution in [0.15, 0.2) is 16.5 Å². The monoisotopic (exact) mass is 378 g/mol. The van der Waals surface area contributed by atoms with Gasteiger partial charge in [-0.05, 0) is 38.8 Å². The van der Waals surface area contributed by atoms with Crippen LogP contribution in [0.4, 0.5) is 10.8 Å². The Labute approximate surface area is 155 Å². The molecule has 2 aromatic rings. The molecule has 0 spiro atoms. The summed E-state index contributed by atoms with van der Waals surface area (Å²) >= 11 is 2.59. The number of amides is 2. The van der Waals surface area contributed by atoms with Gasteiger partial charge in [0.25, 0.3) is 0 Å². The van der Waals surface area contributed by atoms with Gasteiger partial charge in [-0.25, -0.2) is 0 Å². The SMILES string of the molecule is CCC(=O)Nc1nnc(S[C@H](C)C(=O)Nc2c(C)cc(C)cc2C)s1. The van der Waals surface area contributed by atoms with Crippen LogP contribution in [-0.4, -0.2) is 27.3 Å². The van der Waals surface area contributed by atoms with Gasteiger partial charge in [-0.2, -0.15) is 0 Å². The minimum atomic E-state index is -0.331. The van der Waals surface area contributed by atoms with Crippen LogP contribution in [0.2, 0.25) is 0 Å². The maximum absolute atomic E-state index is 12.5. The zero-order valence-corrected chi connectivity index (χ0v) is 16.6. The van der Waals surface area contributed by atoms with E-state index in [4.69, 9.17) is 0 Å². The highest BCUT2D eigenvalue weighted by atomic mass is 32.2. The van der Waals surface area contributed by atoms with Crippen LogP contribution in [0.5, 0.6) is 0 Å². The van der Waals surface area contributed by atoms with Gasteiger partial charge in [-0.1, -0.05) is 47.7 Å². The zero-order valence-electron chi connectivity index (χ0n) is 15.0. The van der Waals surface area contributed by atoms with Gasteiger partial charge >= 0.3 is 0 Å². The number of benzene rings is 1. The van der Waals surface area contributed by atoms with Gasteiger partial charge in [0.05, 0.1) is 5.25 Å². The lowest BCUT2D eigenvalue weighted by molar-refractivity contribution is -0.116. The molecular formula is C17H22N4O2S2. The first kappa shape index (κ1) is 19.4. The van der Waals surface area contributed by atoms with Crippen molar-refractivity contribution in [2.24, 2.45) is 0 Å². The molecule has 2 amide bonds. The molecule has 0 aliphatic rings. The summed E-state index contributed by atoms with van der Waals surface area (Å²) in [6.45, 7) is 9.61. The number of carbonyl (C=O) groups excluding carboxylic acids is 2. The summed E-state index contributed by atoms with van der Waals surface area (Å²) in [6.07, 6.45) is 0.385. The van der Waals surface area contributed by atoms with Gasteiger partial charge in [-0.15, -0.1) is 10.2 Å². The second kappa shape index (κ2) is 8.44. The summed E-state index contributed by atoms with van der Waals surface area (Å²) in [5.41, 5.74) is 4.12. The Balaban J connectivity index is 2.00. The molecular weight excluding hydrogens is 356 g/mol. The molecule has 0 bridgehead atoms. The molecule has 2 rings (SSSR count). The largest absolute Gasteiger partial charge is 0.325 e. The third-order valence-corrected chi connectivity index (χ3v) is 5.57.